The molecule has 1 saturated carbocycles. The minimum atomic E-state index is -0.344. The first-order valence-corrected chi connectivity index (χ1v) is 11.9. The third-order valence-corrected chi connectivity index (χ3v) is 6.91. The summed E-state index contributed by atoms with van der Waals surface area (Å²) in [5.74, 6) is 0.350. The number of nitrogens with two attached hydrogens (primary N) is 1. The summed E-state index contributed by atoms with van der Waals surface area (Å²) in [5, 5.41) is 6.63. The Kier molecular flexibility index (Phi) is 6.32. The molecule has 0 unspecified atom stereocenters. The number of aromatic nitrogens is 4. The number of carbonyl (C=O) groups excluding carboxylic acids is 1. The summed E-state index contributed by atoms with van der Waals surface area (Å²) < 4.78 is 22.1. The van der Waals surface area contributed by atoms with E-state index in [1.54, 1.807) is 12.3 Å². The van der Waals surface area contributed by atoms with Gasteiger partial charge in [-0.05, 0) is 57.1 Å². The van der Waals surface area contributed by atoms with Crippen LogP contribution in [-0.4, -0.2) is 44.7 Å². The number of imidazole rings is 1. The van der Waals surface area contributed by atoms with Crippen LogP contribution < -0.4 is 16.4 Å². The molecule has 3 aromatic rings. The number of rotatable bonds is 6. The maximum Gasteiger partial charge on any atom is 0.224 e. The van der Waals surface area contributed by atoms with E-state index in [1.165, 1.54) is 6.07 Å². The van der Waals surface area contributed by atoms with Crippen molar-refractivity contribution in [2.75, 3.05) is 23.8 Å². The number of aryl methyl sites for hydroxylation is 1. The predicted molar refractivity (Wildman–Crippen MR) is 127 cm³/mol. The van der Waals surface area contributed by atoms with Crippen LogP contribution in [0.15, 0.2) is 24.4 Å². The lowest BCUT2D eigenvalue weighted by molar-refractivity contribution is -0.122. The van der Waals surface area contributed by atoms with Crippen LogP contribution in [0.25, 0.3) is 11.2 Å². The van der Waals surface area contributed by atoms with Crippen molar-refractivity contribution < 1.29 is 13.9 Å². The van der Waals surface area contributed by atoms with Gasteiger partial charge < -0.3 is 21.1 Å². The fourth-order valence-electron chi connectivity index (χ4n) is 4.94. The molecule has 0 radical (unpaired) electrons. The van der Waals surface area contributed by atoms with E-state index in [-0.39, 0.29) is 29.7 Å². The number of halogens is 1. The molecule has 4 N–H and O–H groups in total. The maximum absolute atomic E-state index is 14.6. The van der Waals surface area contributed by atoms with Crippen molar-refractivity contribution >= 4 is 34.7 Å². The normalized spacial score (nSPS) is 21.5. The first-order valence-electron chi connectivity index (χ1n) is 11.9. The molecule has 1 saturated heterocycles. The zero-order valence-corrected chi connectivity index (χ0v) is 19.3. The Hall–Kier alpha value is -3.27. The molecule has 0 bridgehead atoms. The molecule has 2 fully saturated rings. The average Bonchev–Trinajstić information content (AvgIpc) is 3.19. The van der Waals surface area contributed by atoms with E-state index in [9.17, 15) is 9.18 Å². The lowest BCUT2D eigenvalue weighted by atomic mass is 9.85. The number of nitrogens with one attached hydrogen (secondary N) is 2. The van der Waals surface area contributed by atoms with Gasteiger partial charge in [0.05, 0.1) is 11.9 Å². The number of para-hydroxylation sites is 1. The summed E-state index contributed by atoms with van der Waals surface area (Å²) in [6.07, 6.45) is 6.43. The number of fused-ring (bicyclic) bond motifs is 1. The molecule has 3 heterocycles. The number of carbonyl (C=O) groups is 1. The second kappa shape index (κ2) is 9.54. The van der Waals surface area contributed by atoms with Gasteiger partial charge in [-0.3, -0.25) is 9.36 Å². The number of hydrogen-bond acceptors (Lipinski definition) is 7. The van der Waals surface area contributed by atoms with E-state index < -0.39 is 0 Å². The van der Waals surface area contributed by atoms with E-state index in [4.69, 9.17) is 20.4 Å². The Morgan fingerprint density at radius 3 is 2.62 bits per heavy atom. The van der Waals surface area contributed by atoms with Crippen molar-refractivity contribution in [3.8, 4) is 0 Å². The molecule has 5 rings (SSSR count). The summed E-state index contributed by atoms with van der Waals surface area (Å²) in [6, 6.07) is 5.28. The fourth-order valence-corrected chi connectivity index (χ4v) is 4.94. The molecular weight excluding hydrogens is 437 g/mol. The van der Waals surface area contributed by atoms with Crippen LogP contribution in [0.2, 0.25) is 0 Å². The van der Waals surface area contributed by atoms with E-state index in [0.29, 0.717) is 41.6 Å². The van der Waals surface area contributed by atoms with Crippen LogP contribution in [0.1, 0.15) is 50.1 Å². The monoisotopic (exact) mass is 467 g/mol. The van der Waals surface area contributed by atoms with E-state index in [0.717, 1.165) is 44.5 Å². The van der Waals surface area contributed by atoms with Crippen LogP contribution >= 0.6 is 0 Å². The highest BCUT2D eigenvalue weighted by Gasteiger charge is 2.29. The Morgan fingerprint density at radius 2 is 1.91 bits per heavy atom. The molecule has 1 aliphatic heterocycles. The second-order valence-electron chi connectivity index (χ2n) is 9.20. The topological polar surface area (TPSA) is 120 Å². The minimum Gasteiger partial charge on any atom is -0.381 e. The maximum atomic E-state index is 14.6. The van der Waals surface area contributed by atoms with Gasteiger partial charge in [-0.15, -0.1) is 0 Å². The first kappa shape index (κ1) is 22.5. The van der Waals surface area contributed by atoms with Gasteiger partial charge in [0.2, 0.25) is 17.8 Å². The quantitative estimate of drug-likeness (QED) is 0.504. The molecule has 2 aromatic heterocycles. The molecular formula is C24H30FN7O2. The largest absolute Gasteiger partial charge is 0.381 e. The Labute approximate surface area is 197 Å². The molecule has 1 aromatic carbocycles. The summed E-state index contributed by atoms with van der Waals surface area (Å²) in [6.45, 7) is 3.29. The van der Waals surface area contributed by atoms with Gasteiger partial charge in [-0.25, -0.2) is 14.4 Å². The van der Waals surface area contributed by atoms with Gasteiger partial charge in [0.25, 0.3) is 0 Å². The zero-order valence-electron chi connectivity index (χ0n) is 19.3. The van der Waals surface area contributed by atoms with E-state index in [2.05, 4.69) is 15.6 Å². The summed E-state index contributed by atoms with van der Waals surface area (Å²) in [4.78, 5) is 25.7. The smallest absolute Gasteiger partial charge is 0.224 e. The number of nitrogens with zero attached hydrogens (tertiary/aromatic N) is 4. The van der Waals surface area contributed by atoms with Gasteiger partial charge in [-0.1, -0.05) is 12.1 Å². The molecule has 9 nitrogen and oxygen atoms in total. The van der Waals surface area contributed by atoms with Crippen LogP contribution in [-0.2, 0) is 9.53 Å². The minimum absolute atomic E-state index is 0.0565. The highest BCUT2D eigenvalue weighted by atomic mass is 19.1. The Balaban J connectivity index is 1.52. The van der Waals surface area contributed by atoms with E-state index in [1.807, 2.05) is 17.6 Å². The van der Waals surface area contributed by atoms with Crippen molar-refractivity contribution in [2.45, 2.75) is 57.5 Å². The third-order valence-electron chi connectivity index (χ3n) is 6.91. The number of anilines is 3. The van der Waals surface area contributed by atoms with Crippen molar-refractivity contribution in [1.82, 2.24) is 19.5 Å². The molecule has 0 spiro atoms. The lowest BCUT2D eigenvalue weighted by Gasteiger charge is -2.29. The first-order chi connectivity index (χ1) is 16.5. The lowest BCUT2D eigenvalue weighted by Crippen LogP contribution is -2.29. The molecule has 34 heavy (non-hydrogen) atoms. The van der Waals surface area contributed by atoms with Crippen molar-refractivity contribution in [1.29, 1.82) is 0 Å². The second-order valence-corrected chi connectivity index (χ2v) is 9.20. The fraction of sp³-hybridized carbons (Fsp3) is 0.500. The standard InChI is InChI=1S/C24H30FN7O2/c1-14-3-2-4-18(25)20(14)30-24-29-19-13-27-23(28-16-9-11-34-12-10-16)31-22(19)32(24)17-7-5-15(6-8-17)21(26)33/h2-4,13,15-17H,5-12H2,1H3,(H2,26,33)(H,29,30)(H,27,28,31). The predicted octanol–water partition coefficient (Wildman–Crippen LogP) is 3.82. The van der Waals surface area contributed by atoms with E-state index >= 15 is 0 Å². The number of primary amides is 1. The van der Waals surface area contributed by atoms with Crippen LogP contribution in [0.3, 0.4) is 0 Å². The summed E-state index contributed by atoms with van der Waals surface area (Å²) >= 11 is 0. The van der Waals surface area contributed by atoms with Crippen LogP contribution in [0, 0.1) is 18.7 Å². The zero-order chi connectivity index (χ0) is 23.7. The Bertz CT molecular complexity index is 1160. The summed E-state index contributed by atoms with van der Waals surface area (Å²) in [5.41, 5.74) is 8.03. The van der Waals surface area contributed by atoms with Gasteiger partial charge >= 0.3 is 0 Å². The molecule has 0 atom stereocenters. The third kappa shape index (κ3) is 4.54. The highest BCUT2D eigenvalue weighted by molar-refractivity contribution is 5.78. The molecule has 1 amide bonds. The SMILES string of the molecule is Cc1cccc(F)c1Nc1nc2cnc(NC3CCOCC3)nc2n1C1CCC(C(N)=O)CC1. The number of amides is 1. The van der Waals surface area contributed by atoms with Gasteiger partial charge in [0.15, 0.2) is 5.65 Å². The van der Waals surface area contributed by atoms with Crippen molar-refractivity contribution in [3.63, 3.8) is 0 Å². The average molecular weight is 468 g/mol. The van der Waals surface area contributed by atoms with Crippen molar-refractivity contribution in [2.24, 2.45) is 11.7 Å². The molecule has 2 aliphatic rings. The number of benzene rings is 1. The highest BCUT2D eigenvalue weighted by Crippen LogP contribution is 2.37. The van der Waals surface area contributed by atoms with Gasteiger partial charge in [0.1, 0.15) is 11.3 Å². The molecule has 180 valence electrons. The Morgan fingerprint density at radius 1 is 1.15 bits per heavy atom. The number of hydrogen-bond donors (Lipinski definition) is 3. The van der Waals surface area contributed by atoms with Gasteiger partial charge in [-0.2, -0.15) is 4.98 Å². The van der Waals surface area contributed by atoms with Crippen LogP contribution in [0.4, 0.5) is 22.0 Å². The molecule has 1 aliphatic carbocycles. The van der Waals surface area contributed by atoms with Gasteiger partial charge in [0, 0.05) is 31.2 Å². The molecule has 10 heteroatoms. The number of ether oxygens (including phenoxy) is 1. The van der Waals surface area contributed by atoms with Crippen molar-refractivity contribution in [3.05, 3.63) is 35.8 Å². The summed E-state index contributed by atoms with van der Waals surface area (Å²) in [7, 11) is 0. The van der Waals surface area contributed by atoms with Crippen LogP contribution in [0.5, 0.6) is 0 Å².